The lowest BCUT2D eigenvalue weighted by Crippen LogP contribution is -2.49. The Labute approximate surface area is 167 Å². The van der Waals surface area contributed by atoms with Crippen LogP contribution < -0.4 is 5.32 Å². The molecule has 0 aromatic heterocycles. The van der Waals surface area contributed by atoms with Crippen LogP contribution in [0.1, 0.15) is 57.3 Å². The second-order valence-corrected chi connectivity index (χ2v) is 9.94. The maximum absolute atomic E-state index is 13.1. The van der Waals surface area contributed by atoms with E-state index >= 15 is 0 Å². The molecule has 0 unspecified atom stereocenters. The number of rotatable bonds is 3. The van der Waals surface area contributed by atoms with Gasteiger partial charge in [-0.3, -0.25) is 9.59 Å². The highest BCUT2D eigenvalue weighted by molar-refractivity contribution is 6.00. The van der Waals surface area contributed by atoms with Gasteiger partial charge in [0.25, 0.3) is 5.91 Å². The van der Waals surface area contributed by atoms with Crippen LogP contribution in [0.5, 0.6) is 0 Å². The smallest absolute Gasteiger partial charge is 0.251 e. The van der Waals surface area contributed by atoms with E-state index in [0.717, 1.165) is 36.6 Å². The third-order valence-corrected chi connectivity index (χ3v) is 6.43. The highest BCUT2D eigenvalue weighted by atomic mass is 16.2. The minimum atomic E-state index is -0.523. The quantitative estimate of drug-likeness (QED) is 0.861. The summed E-state index contributed by atoms with van der Waals surface area (Å²) in [5, 5.41) is 5.05. The van der Waals surface area contributed by atoms with Gasteiger partial charge in [-0.1, -0.05) is 51.1 Å². The van der Waals surface area contributed by atoms with Gasteiger partial charge in [0, 0.05) is 18.2 Å². The van der Waals surface area contributed by atoms with Crippen molar-refractivity contribution in [2.75, 3.05) is 6.54 Å². The molecule has 148 valence electrons. The van der Waals surface area contributed by atoms with Crippen molar-refractivity contribution < 1.29 is 9.59 Å². The van der Waals surface area contributed by atoms with Gasteiger partial charge >= 0.3 is 0 Å². The number of carbonyl (C=O) groups excluding carboxylic acids is 2. The molecule has 2 fully saturated rings. The summed E-state index contributed by atoms with van der Waals surface area (Å²) in [6, 6.07) is 13.4. The molecule has 1 saturated heterocycles. The Morgan fingerprint density at radius 1 is 1.07 bits per heavy atom. The number of likely N-dealkylation sites (tertiary alicyclic amines) is 1. The van der Waals surface area contributed by atoms with Gasteiger partial charge in [0.15, 0.2) is 0 Å². The molecule has 1 aliphatic heterocycles. The maximum Gasteiger partial charge on any atom is 0.251 e. The van der Waals surface area contributed by atoms with Crippen molar-refractivity contribution in [1.29, 1.82) is 0 Å². The summed E-state index contributed by atoms with van der Waals surface area (Å²) in [4.78, 5) is 27.9. The van der Waals surface area contributed by atoms with Gasteiger partial charge in [-0.15, -0.1) is 0 Å². The van der Waals surface area contributed by atoms with Gasteiger partial charge in [0.2, 0.25) is 5.91 Å². The van der Waals surface area contributed by atoms with Crippen molar-refractivity contribution in [3.05, 3.63) is 48.0 Å². The van der Waals surface area contributed by atoms with E-state index in [-0.39, 0.29) is 22.6 Å². The lowest BCUT2D eigenvalue weighted by atomic mass is 9.65. The third-order valence-electron chi connectivity index (χ3n) is 6.43. The highest BCUT2D eigenvalue weighted by Gasteiger charge is 2.51. The minimum Gasteiger partial charge on any atom is -0.341 e. The van der Waals surface area contributed by atoms with Crippen LogP contribution >= 0.6 is 0 Å². The van der Waals surface area contributed by atoms with E-state index in [1.54, 1.807) is 6.92 Å². The lowest BCUT2D eigenvalue weighted by Gasteiger charge is -2.39. The maximum atomic E-state index is 13.1. The van der Waals surface area contributed by atoms with E-state index in [2.05, 4.69) is 26.1 Å². The molecule has 1 aliphatic carbocycles. The van der Waals surface area contributed by atoms with Crippen molar-refractivity contribution in [3.8, 4) is 0 Å². The third kappa shape index (κ3) is 3.52. The summed E-state index contributed by atoms with van der Waals surface area (Å²) in [5.41, 5.74) is 1.06. The van der Waals surface area contributed by atoms with Crippen molar-refractivity contribution in [3.63, 3.8) is 0 Å². The largest absolute Gasteiger partial charge is 0.341 e. The van der Waals surface area contributed by atoms with E-state index < -0.39 is 6.04 Å². The van der Waals surface area contributed by atoms with E-state index in [1.165, 1.54) is 0 Å². The second-order valence-electron chi connectivity index (χ2n) is 9.94. The van der Waals surface area contributed by atoms with Crippen molar-refractivity contribution in [2.45, 2.75) is 59.0 Å². The van der Waals surface area contributed by atoms with Gasteiger partial charge in [-0.2, -0.15) is 0 Å². The van der Waals surface area contributed by atoms with Gasteiger partial charge in [-0.05, 0) is 59.9 Å². The number of benzene rings is 2. The molecule has 0 radical (unpaired) electrons. The zero-order valence-electron chi connectivity index (χ0n) is 17.3. The molecule has 1 saturated carbocycles. The zero-order chi connectivity index (χ0) is 20.1. The first-order chi connectivity index (χ1) is 13.2. The Morgan fingerprint density at radius 3 is 2.54 bits per heavy atom. The van der Waals surface area contributed by atoms with Gasteiger partial charge in [-0.25, -0.2) is 0 Å². The normalized spacial score (nSPS) is 26.9. The number of carbonyl (C=O) groups is 2. The summed E-state index contributed by atoms with van der Waals surface area (Å²) >= 11 is 0. The average molecular weight is 379 g/mol. The highest BCUT2D eigenvalue weighted by Crippen LogP contribution is 2.52. The predicted molar refractivity (Wildman–Crippen MR) is 112 cm³/mol. The molecule has 1 heterocycles. The van der Waals surface area contributed by atoms with E-state index in [1.807, 2.05) is 47.4 Å². The fourth-order valence-corrected chi connectivity index (χ4v) is 5.64. The molecule has 2 amide bonds. The average Bonchev–Trinajstić information content (AvgIpc) is 2.89. The summed E-state index contributed by atoms with van der Waals surface area (Å²) < 4.78 is 0. The number of hydrogen-bond donors (Lipinski definition) is 1. The predicted octanol–water partition coefficient (Wildman–Crippen LogP) is 4.39. The van der Waals surface area contributed by atoms with Crippen LogP contribution in [0.3, 0.4) is 0 Å². The summed E-state index contributed by atoms with van der Waals surface area (Å²) in [7, 11) is 0. The molecule has 2 bridgehead atoms. The fraction of sp³-hybridized carbons (Fsp3) is 0.500. The van der Waals surface area contributed by atoms with Gasteiger partial charge in [0.05, 0.1) is 0 Å². The molecule has 0 spiro atoms. The Kier molecular flexibility index (Phi) is 4.48. The van der Waals surface area contributed by atoms with Crippen molar-refractivity contribution in [2.24, 2.45) is 10.8 Å². The molecule has 4 heteroatoms. The standard InChI is InChI=1S/C24H30N2O2/c1-16(22(28)26-15-24(4)13-20(26)12-23(2,3)14-24)25-21(27)19-10-9-17-7-5-6-8-18(17)11-19/h5-11,16,20H,12-15H2,1-4H3,(H,25,27)/t16-,20-,24-/m0/s1. The SMILES string of the molecule is C[C@H](NC(=O)c1ccc2ccccc2c1)C(=O)N1C[C@@]2(C)C[C@@H]1CC(C)(C)C2. The van der Waals surface area contributed by atoms with Crippen LogP contribution in [-0.4, -0.2) is 35.3 Å². The van der Waals surface area contributed by atoms with Gasteiger partial charge in [0.1, 0.15) is 6.04 Å². The summed E-state index contributed by atoms with van der Waals surface area (Å²) in [6.45, 7) is 9.51. The molecule has 2 aromatic rings. The Bertz CT molecular complexity index is 935. The van der Waals surface area contributed by atoms with E-state index in [0.29, 0.717) is 11.6 Å². The number of nitrogens with zero attached hydrogens (tertiary/aromatic N) is 1. The van der Waals surface area contributed by atoms with E-state index in [9.17, 15) is 9.59 Å². The van der Waals surface area contributed by atoms with Crippen molar-refractivity contribution in [1.82, 2.24) is 10.2 Å². The topological polar surface area (TPSA) is 49.4 Å². The molecule has 3 atom stereocenters. The molecule has 1 N–H and O–H groups in total. The van der Waals surface area contributed by atoms with Crippen molar-refractivity contribution >= 4 is 22.6 Å². The fourth-order valence-electron chi connectivity index (χ4n) is 5.64. The van der Waals surface area contributed by atoms with E-state index in [4.69, 9.17) is 0 Å². The van der Waals surface area contributed by atoms with Crippen LogP contribution in [0.25, 0.3) is 10.8 Å². The molecule has 2 aromatic carbocycles. The number of fused-ring (bicyclic) bond motifs is 3. The lowest BCUT2D eigenvalue weighted by molar-refractivity contribution is -0.134. The molecular formula is C24H30N2O2. The van der Waals surface area contributed by atoms with Crippen LogP contribution in [0.2, 0.25) is 0 Å². The van der Waals surface area contributed by atoms with Crippen LogP contribution in [0.4, 0.5) is 0 Å². The second kappa shape index (κ2) is 6.61. The van der Waals surface area contributed by atoms with Gasteiger partial charge < -0.3 is 10.2 Å². The first-order valence-electron chi connectivity index (χ1n) is 10.3. The first kappa shape index (κ1) is 19.0. The van der Waals surface area contributed by atoms with Crippen LogP contribution in [0, 0.1) is 10.8 Å². The Morgan fingerprint density at radius 2 is 1.79 bits per heavy atom. The zero-order valence-corrected chi connectivity index (χ0v) is 17.3. The summed E-state index contributed by atoms with van der Waals surface area (Å²) in [6.07, 6.45) is 3.27. The Balaban J connectivity index is 1.46. The minimum absolute atomic E-state index is 0.0422. The van der Waals surface area contributed by atoms with Crippen LogP contribution in [0.15, 0.2) is 42.5 Å². The molecule has 2 aliphatic rings. The van der Waals surface area contributed by atoms with Crippen LogP contribution in [-0.2, 0) is 4.79 Å². The number of hydrogen-bond acceptors (Lipinski definition) is 2. The Hall–Kier alpha value is -2.36. The molecule has 28 heavy (non-hydrogen) atoms. The molecular weight excluding hydrogens is 348 g/mol. The molecule has 4 rings (SSSR count). The summed E-state index contributed by atoms with van der Waals surface area (Å²) in [5.74, 6) is -0.152. The number of nitrogens with one attached hydrogen (secondary N) is 1. The first-order valence-corrected chi connectivity index (χ1v) is 10.3. The monoisotopic (exact) mass is 378 g/mol. The molecule has 4 nitrogen and oxygen atoms in total. The number of amides is 2.